The second-order valence-electron chi connectivity index (χ2n) is 6.80. The van der Waals surface area contributed by atoms with Crippen molar-refractivity contribution in [1.29, 1.82) is 0 Å². The Bertz CT molecular complexity index is 787. The molecule has 3 nitrogen and oxygen atoms in total. The number of hydrogen-bond donors (Lipinski definition) is 1. The van der Waals surface area contributed by atoms with E-state index in [9.17, 15) is 5.11 Å². The zero-order valence-corrected chi connectivity index (χ0v) is 14.7. The highest BCUT2D eigenvalue weighted by molar-refractivity contribution is 6.50. The standard InChI is InChI=1S/C22H22BN2O/c26-22(18-8-3-1-4-9-18,19-10-5-2-6-11-19)21-12-7-17-25(21)23-20-13-15-24-16-14-20/h1-6,8-11,13-16,21,26H,7,12,17H2. The molecule has 0 bridgehead atoms. The first-order valence-electron chi connectivity index (χ1n) is 9.12. The summed E-state index contributed by atoms with van der Waals surface area (Å²) in [6.45, 7) is 0.939. The van der Waals surface area contributed by atoms with Crippen LogP contribution in [0.1, 0.15) is 24.0 Å². The van der Waals surface area contributed by atoms with Crippen LogP contribution in [0, 0.1) is 0 Å². The topological polar surface area (TPSA) is 36.4 Å². The average Bonchev–Trinajstić information content (AvgIpc) is 3.18. The van der Waals surface area contributed by atoms with Gasteiger partial charge in [0.1, 0.15) is 5.60 Å². The van der Waals surface area contributed by atoms with Crippen LogP contribution in [0.15, 0.2) is 85.2 Å². The Morgan fingerprint density at radius 2 is 1.46 bits per heavy atom. The van der Waals surface area contributed by atoms with Crippen molar-refractivity contribution in [2.75, 3.05) is 6.54 Å². The van der Waals surface area contributed by atoms with Crippen LogP contribution in [-0.2, 0) is 5.60 Å². The van der Waals surface area contributed by atoms with E-state index < -0.39 is 5.60 Å². The molecule has 129 valence electrons. The van der Waals surface area contributed by atoms with Crippen LogP contribution in [-0.4, -0.2) is 34.9 Å². The van der Waals surface area contributed by atoms with E-state index in [2.05, 4.69) is 17.2 Å². The fraction of sp³-hybridized carbons (Fsp3) is 0.227. The lowest BCUT2D eigenvalue weighted by Gasteiger charge is -2.40. The van der Waals surface area contributed by atoms with Gasteiger partial charge in [0.05, 0.1) is 0 Å². The number of rotatable bonds is 5. The largest absolute Gasteiger partial charge is 0.379 e. The van der Waals surface area contributed by atoms with Crippen LogP contribution in [0.5, 0.6) is 0 Å². The van der Waals surface area contributed by atoms with E-state index in [1.54, 1.807) is 12.4 Å². The lowest BCUT2D eigenvalue weighted by molar-refractivity contribution is 0.0202. The summed E-state index contributed by atoms with van der Waals surface area (Å²) < 4.78 is 0. The number of aromatic nitrogens is 1. The third kappa shape index (κ3) is 3.18. The minimum absolute atomic E-state index is 0.0135. The van der Waals surface area contributed by atoms with Gasteiger partial charge in [-0.05, 0) is 42.6 Å². The third-order valence-electron chi connectivity index (χ3n) is 5.23. The highest BCUT2D eigenvalue weighted by Crippen LogP contribution is 2.39. The van der Waals surface area contributed by atoms with Crippen molar-refractivity contribution in [2.45, 2.75) is 24.5 Å². The highest BCUT2D eigenvalue weighted by atomic mass is 16.3. The van der Waals surface area contributed by atoms with Crippen molar-refractivity contribution in [3.63, 3.8) is 0 Å². The normalized spacial score (nSPS) is 18.0. The SMILES string of the molecule is OC(c1ccccc1)(c1ccccc1)C1CCCN1[B]c1ccncc1. The van der Waals surface area contributed by atoms with Gasteiger partial charge in [-0.15, -0.1) is 0 Å². The Kier molecular flexibility index (Phi) is 4.87. The molecular formula is C22H22BN2O. The summed E-state index contributed by atoms with van der Waals surface area (Å²) in [6.07, 6.45) is 5.62. The average molecular weight is 341 g/mol. The monoisotopic (exact) mass is 341 g/mol. The second kappa shape index (κ2) is 7.44. The molecule has 1 aliphatic heterocycles. The van der Waals surface area contributed by atoms with Crippen LogP contribution in [0.25, 0.3) is 0 Å². The summed E-state index contributed by atoms with van der Waals surface area (Å²) >= 11 is 0. The molecule has 1 aromatic heterocycles. The molecule has 2 heterocycles. The maximum absolute atomic E-state index is 12.0. The molecule has 0 amide bonds. The quantitative estimate of drug-likeness (QED) is 0.725. The summed E-state index contributed by atoms with van der Waals surface area (Å²) in [4.78, 5) is 6.38. The molecule has 3 aromatic rings. The van der Waals surface area contributed by atoms with Crippen LogP contribution in [0.2, 0.25) is 0 Å². The third-order valence-corrected chi connectivity index (χ3v) is 5.23. The van der Waals surface area contributed by atoms with E-state index >= 15 is 0 Å². The molecule has 4 heteroatoms. The van der Waals surface area contributed by atoms with Crippen molar-refractivity contribution in [3.05, 3.63) is 96.3 Å². The number of pyridine rings is 1. The molecule has 1 fully saturated rings. The number of hydrogen-bond acceptors (Lipinski definition) is 3. The Morgan fingerprint density at radius 1 is 0.885 bits per heavy atom. The van der Waals surface area contributed by atoms with Crippen LogP contribution in [0.4, 0.5) is 0 Å². The van der Waals surface area contributed by atoms with Crippen LogP contribution < -0.4 is 5.46 Å². The summed E-state index contributed by atoms with van der Waals surface area (Å²) in [5, 5.41) is 12.0. The Labute approximate surface area is 155 Å². The van der Waals surface area contributed by atoms with Gasteiger partial charge in [-0.3, -0.25) is 4.98 Å². The lowest BCUT2D eigenvalue weighted by Crippen LogP contribution is -2.51. The second-order valence-corrected chi connectivity index (χ2v) is 6.80. The fourth-order valence-corrected chi connectivity index (χ4v) is 3.97. The van der Waals surface area contributed by atoms with E-state index in [0.717, 1.165) is 36.0 Å². The summed E-state index contributed by atoms with van der Waals surface area (Å²) in [7, 11) is 2.15. The summed E-state index contributed by atoms with van der Waals surface area (Å²) in [5.74, 6) is 0. The molecule has 0 aliphatic carbocycles. The van der Waals surface area contributed by atoms with Crippen molar-refractivity contribution in [1.82, 2.24) is 9.79 Å². The molecule has 4 rings (SSSR count). The minimum atomic E-state index is -1.05. The van der Waals surface area contributed by atoms with E-state index in [1.165, 1.54) is 0 Å². The van der Waals surface area contributed by atoms with Gasteiger partial charge in [0.2, 0.25) is 7.41 Å². The Hall–Kier alpha value is -2.43. The first-order valence-corrected chi connectivity index (χ1v) is 9.12. The highest BCUT2D eigenvalue weighted by Gasteiger charge is 2.45. The van der Waals surface area contributed by atoms with Gasteiger partial charge in [0.15, 0.2) is 0 Å². The molecule has 1 saturated heterocycles. The molecular weight excluding hydrogens is 319 g/mol. The van der Waals surface area contributed by atoms with Gasteiger partial charge < -0.3 is 9.92 Å². The van der Waals surface area contributed by atoms with Crippen molar-refractivity contribution < 1.29 is 5.11 Å². The smallest absolute Gasteiger partial charge is 0.248 e. The number of aliphatic hydroxyl groups is 1. The van der Waals surface area contributed by atoms with Crippen molar-refractivity contribution in [2.24, 2.45) is 0 Å². The van der Waals surface area contributed by atoms with Gasteiger partial charge in [0, 0.05) is 18.4 Å². The molecule has 1 radical (unpaired) electrons. The van der Waals surface area contributed by atoms with E-state index in [1.807, 2.05) is 72.8 Å². The Balaban J connectivity index is 1.74. The molecule has 1 aliphatic rings. The van der Waals surface area contributed by atoms with Crippen molar-refractivity contribution in [3.8, 4) is 0 Å². The molecule has 1 N–H and O–H groups in total. The summed E-state index contributed by atoms with van der Waals surface area (Å²) in [6, 6.07) is 24.0. The van der Waals surface area contributed by atoms with Crippen molar-refractivity contribution >= 4 is 12.9 Å². The number of benzene rings is 2. The molecule has 2 aromatic carbocycles. The summed E-state index contributed by atoms with van der Waals surface area (Å²) in [5.41, 5.74) is 1.93. The molecule has 0 saturated carbocycles. The van der Waals surface area contributed by atoms with E-state index in [-0.39, 0.29) is 6.04 Å². The lowest BCUT2D eigenvalue weighted by atomic mass is 9.74. The molecule has 26 heavy (non-hydrogen) atoms. The van der Waals surface area contributed by atoms with Gasteiger partial charge >= 0.3 is 0 Å². The molecule has 0 spiro atoms. The molecule has 1 unspecified atom stereocenters. The van der Waals surface area contributed by atoms with Crippen LogP contribution >= 0.6 is 0 Å². The first kappa shape index (κ1) is 17.0. The van der Waals surface area contributed by atoms with E-state index in [4.69, 9.17) is 0 Å². The molecule has 1 atom stereocenters. The van der Waals surface area contributed by atoms with Gasteiger partial charge in [-0.1, -0.05) is 66.1 Å². The fourth-order valence-electron chi connectivity index (χ4n) is 3.97. The van der Waals surface area contributed by atoms with Gasteiger partial charge in [-0.2, -0.15) is 0 Å². The number of nitrogens with zero attached hydrogens (tertiary/aromatic N) is 2. The van der Waals surface area contributed by atoms with Crippen LogP contribution in [0.3, 0.4) is 0 Å². The van der Waals surface area contributed by atoms with E-state index in [0.29, 0.717) is 0 Å². The van der Waals surface area contributed by atoms with Gasteiger partial charge in [-0.25, -0.2) is 0 Å². The predicted octanol–water partition coefficient (Wildman–Crippen LogP) is 2.73. The minimum Gasteiger partial charge on any atom is -0.379 e. The Morgan fingerprint density at radius 3 is 2.04 bits per heavy atom. The maximum Gasteiger partial charge on any atom is 0.248 e. The predicted molar refractivity (Wildman–Crippen MR) is 105 cm³/mol. The maximum atomic E-state index is 12.0. The van der Waals surface area contributed by atoms with Gasteiger partial charge in [0.25, 0.3) is 0 Å². The zero-order valence-electron chi connectivity index (χ0n) is 14.7. The zero-order chi connectivity index (χ0) is 17.8. The first-order chi connectivity index (χ1) is 12.8.